The number of amides is 2. The average Bonchev–Trinajstić information content (AvgIpc) is 2.70. The Morgan fingerprint density at radius 1 is 1.00 bits per heavy atom. The summed E-state index contributed by atoms with van der Waals surface area (Å²) in [4.78, 5) is 23.9. The molecule has 0 aliphatic heterocycles. The highest BCUT2D eigenvalue weighted by Gasteiger charge is 2.23. The molecular weight excluding hydrogens is 410 g/mol. The summed E-state index contributed by atoms with van der Waals surface area (Å²) >= 11 is 0. The zero-order valence-corrected chi connectivity index (χ0v) is 18.2. The number of nitrogens with zero attached hydrogens (tertiary/aromatic N) is 1. The number of rotatable bonds is 5. The molecule has 0 bridgehead atoms. The van der Waals surface area contributed by atoms with Gasteiger partial charge in [0.1, 0.15) is 11.4 Å². The highest BCUT2D eigenvalue weighted by molar-refractivity contribution is 7.92. The predicted octanol–water partition coefficient (Wildman–Crippen LogP) is 2.69. The van der Waals surface area contributed by atoms with Crippen LogP contribution in [0.2, 0.25) is 0 Å². The van der Waals surface area contributed by atoms with Crippen LogP contribution in [0.3, 0.4) is 0 Å². The van der Waals surface area contributed by atoms with Crippen molar-refractivity contribution < 1.29 is 27.5 Å². The van der Waals surface area contributed by atoms with Crippen LogP contribution in [0.25, 0.3) is 0 Å². The van der Waals surface area contributed by atoms with Gasteiger partial charge in [0.15, 0.2) is 0 Å². The minimum atomic E-state index is -3.92. The van der Waals surface area contributed by atoms with Crippen molar-refractivity contribution in [2.24, 2.45) is 0 Å². The summed E-state index contributed by atoms with van der Waals surface area (Å²) in [6.07, 6.45) is -0.834. The Kier molecular flexibility index (Phi) is 6.93. The van der Waals surface area contributed by atoms with Gasteiger partial charge >= 0.3 is 6.09 Å². The van der Waals surface area contributed by atoms with E-state index in [0.717, 1.165) is 4.31 Å². The molecule has 2 amide bonds. The first-order chi connectivity index (χ1) is 13.9. The van der Waals surface area contributed by atoms with E-state index >= 15 is 0 Å². The minimum Gasteiger partial charge on any atom is -0.497 e. The van der Waals surface area contributed by atoms with Gasteiger partial charge < -0.3 is 9.47 Å². The lowest BCUT2D eigenvalue weighted by atomic mass is 10.2. The molecule has 0 aliphatic rings. The SMILES string of the molecule is COc1ccc(N(C)S(=O)(=O)c2cccc(C(=O)NNC(=O)OC(C)(C)C)c2)cc1. The van der Waals surface area contributed by atoms with Crippen LogP contribution in [0.5, 0.6) is 5.75 Å². The molecule has 162 valence electrons. The Hall–Kier alpha value is -3.27. The lowest BCUT2D eigenvalue weighted by Gasteiger charge is -2.20. The first-order valence-electron chi connectivity index (χ1n) is 8.96. The standard InChI is InChI=1S/C20H25N3O6S/c1-20(2,3)29-19(25)22-21-18(24)14-7-6-8-17(13-14)30(26,27)23(4)15-9-11-16(28-5)12-10-15/h6-13H,1-5H3,(H,21,24)(H,22,25). The zero-order valence-electron chi connectivity index (χ0n) is 17.4. The third-order valence-corrected chi connectivity index (χ3v) is 5.65. The monoisotopic (exact) mass is 435 g/mol. The smallest absolute Gasteiger partial charge is 0.426 e. The quantitative estimate of drug-likeness (QED) is 0.698. The molecule has 9 nitrogen and oxygen atoms in total. The lowest BCUT2D eigenvalue weighted by molar-refractivity contribution is 0.0483. The molecule has 2 aromatic rings. The molecule has 0 heterocycles. The van der Waals surface area contributed by atoms with Gasteiger partial charge in [-0.05, 0) is 63.2 Å². The van der Waals surface area contributed by atoms with Gasteiger partial charge in [-0.2, -0.15) is 0 Å². The number of anilines is 1. The number of hydrazine groups is 1. The highest BCUT2D eigenvalue weighted by Crippen LogP contribution is 2.24. The number of carbonyl (C=O) groups excluding carboxylic acids is 2. The van der Waals surface area contributed by atoms with E-state index in [9.17, 15) is 18.0 Å². The largest absolute Gasteiger partial charge is 0.497 e. The number of hydrogen-bond acceptors (Lipinski definition) is 6. The van der Waals surface area contributed by atoms with Crippen LogP contribution in [0.4, 0.5) is 10.5 Å². The summed E-state index contributed by atoms with van der Waals surface area (Å²) in [6, 6.07) is 12.0. The van der Waals surface area contributed by atoms with Gasteiger partial charge in [0, 0.05) is 12.6 Å². The van der Waals surface area contributed by atoms with Gasteiger partial charge in [-0.25, -0.2) is 18.6 Å². The van der Waals surface area contributed by atoms with Gasteiger partial charge in [-0.3, -0.25) is 14.5 Å². The molecule has 10 heteroatoms. The molecule has 0 saturated heterocycles. The zero-order chi connectivity index (χ0) is 22.5. The van der Waals surface area contributed by atoms with Crippen LogP contribution in [-0.4, -0.2) is 40.2 Å². The fourth-order valence-electron chi connectivity index (χ4n) is 2.37. The maximum Gasteiger partial charge on any atom is 0.426 e. The molecular formula is C20H25N3O6S. The fourth-order valence-corrected chi connectivity index (χ4v) is 3.61. The Morgan fingerprint density at radius 3 is 2.20 bits per heavy atom. The molecule has 0 spiro atoms. The summed E-state index contributed by atoms with van der Waals surface area (Å²) in [7, 11) is -0.994. The molecule has 2 rings (SSSR count). The van der Waals surface area contributed by atoms with E-state index < -0.39 is 27.6 Å². The Balaban J connectivity index is 2.16. The first kappa shape index (κ1) is 23.0. The van der Waals surface area contributed by atoms with Gasteiger partial charge in [0.25, 0.3) is 15.9 Å². The summed E-state index contributed by atoms with van der Waals surface area (Å²) in [5, 5.41) is 0. The second-order valence-electron chi connectivity index (χ2n) is 7.28. The summed E-state index contributed by atoms with van der Waals surface area (Å²) in [5.41, 5.74) is 4.06. The van der Waals surface area contributed by atoms with Crippen LogP contribution in [0, 0.1) is 0 Å². The van der Waals surface area contributed by atoms with E-state index in [-0.39, 0.29) is 10.5 Å². The molecule has 0 radical (unpaired) electrons. The number of carbonyl (C=O) groups is 2. The minimum absolute atomic E-state index is 0.0512. The number of sulfonamides is 1. The van der Waals surface area contributed by atoms with E-state index in [2.05, 4.69) is 10.9 Å². The molecule has 2 aromatic carbocycles. The predicted molar refractivity (Wildman–Crippen MR) is 112 cm³/mol. The van der Waals surface area contributed by atoms with Crippen molar-refractivity contribution in [1.82, 2.24) is 10.9 Å². The molecule has 0 unspecified atom stereocenters. The number of nitrogens with one attached hydrogen (secondary N) is 2. The second-order valence-corrected chi connectivity index (χ2v) is 9.25. The van der Waals surface area contributed by atoms with Crippen LogP contribution >= 0.6 is 0 Å². The number of methoxy groups -OCH3 is 1. The Bertz CT molecular complexity index is 1010. The maximum absolute atomic E-state index is 13.0. The molecule has 0 aliphatic carbocycles. The molecule has 0 fully saturated rings. The first-order valence-corrected chi connectivity index (χ1v) is 10.4. The van der Waals surface area contributed by atoms with Crippen molar-refractivity contribution in [2.45, 2.75) is 31.3 Å². The van der Waals surface area contributed by atoms with Crippen LogP contribution in [0.15, 0.2) is 53.4 Å². The van der Waals surface area contributed by atoms with Crippen molar-refractivity contribution in [1.29, 1.82) is 0 Å². The molecule has 0 saturated carbocycles. The number of benzene rings is 2. The maximum atomic E-state index is 13.0. The van der Waals surface area contributed by atoms with E-state index in [0.29, 0.717) is 11.4 Å². The summed E-state index contributed by atoms with van der Waals surface area (Å²) in [6.45, 7) is 5.05. The van der Waals surface area contributed by atoms with Gasteiger partial charge in [0.05, 0.1) is 17.7 Å². The van der Waals surface area contributed by atoms with Crippen LogP contribution in [0.1, 0.15) is 31.1 Å². The Morgan fingerprint density at radius 2 is 1.63 bits per heavy atom. The van der Waals surface area contributed by atoms with Crippen molar-refractivity contribution in [3.63, 3.8) is 0 Å². The molecule has 0 atom stereocenters. The van der Waals surface area contributed by atoms with Gasteiger partial charge in [-0.15, -0.1) is 0 Å². The van der Waals surface area contributed by atoms with E-state index in [4.69, 9.17) is 9.47 Å². The van der Waals surface area contributed by atoms with Crippen LogP contribution < -0.4 is 19.9 Å². The van der Waals surface area contributed by atoms with Crippen molar-refractivity contribution in [3.8, 4) is 5.75 Å². The lowest BCUT2D eigenvalue weighted by Crippen LogP contribution is -2.44. The number of hydrogen-bond donors (Lipinski definition) is 2. The Labute approximate surface area is 176 Å². The topological polar surface area (TPSA) is 114 Å². The van der Waals surface area contributed by atoms with E-state index in [1.807, 2.05) is 0 Å². The summed E-state index contributed by atoms with van der Waals surface area (Å²) < 4.78 is 37.1. The van der Waals surface area contributed by atoms with Crippen molar-refractivity contribution in [3.05, 3.63) is 54.1 Å². The third-order valence-electron chi connectivity index (χ3n) is 3.87. The van der Waals surface area contributed by atoms with E-state index in [1.54, 1.807) is 45.0 Å². The molecule has 0 aromatic heterocycles. The van der Waals surface area contributed by atoms with Crippen LogP contribution in [-0.2, 0) is 14.8 Å². The molecule has 2 N–H and O–H groups in total. The highest BCUT2D eigenvalue weighted by atomic mass is 32.2. The average molecular weight is 436 g/mol. The fraction of sp³-hybridized carbons (Fsp3) is 0.300. The normalized spacial score (nSPS) is 11.4. The van der Waals surface area contributed by atoms with Crippen molar-refractivity contribution in [2.75, 3.05) is 18.5 Å². The van der Waals surface area contributed by atoms with Gasteiger partial charge in [-0.1, -0.05) is 6.07 Å². The van der Waals surface area contributed by atoms with Crippen molar-refractivity contribution >= 4 is 27.7 Å². The summed E-state index contributed by atoms with van der Waals surface area (Å²) in [5.74, 6) is -0.0919. The second kappa shape index (κ2) is 9.04. The molecule has 30 heavy (non-hydrogen) atoms. The van der Waals surface area contributed by atoms with E-state index in [1.165, 1.54) is 38.4 Å². The van der Waals surface area contributed by atoms with Gasteiger partial charge in [0.2, 0.25) is 0 Å². The third kappa shape index (κ3) is 5.86. The number of ether oxygens (including phenoxy) is 2.